The van der Waals surface area contributed by atoms with Gasteiger partial charge >= 0.3 is 0 Å². The Labute approximate surface area is 181 Å². The highest BCUT2D eigenvalue weighted by molar-refractivity contribution is 5.22. The molecule has 0 bridgehead atoms. The van der Waals surface area contributed by atoms with E-state index in [2.05, 4.69) is 0 Å². The van der Waals surface area contributed by atoms with E-state index in [0.29, 0.717) is 12.2 Å². The summed E-state index contributed by atoms with van der Waals surface area (Å²) >= 11 is 0. The normalized spacial score (nSPS) is 27.6. The molecule has 0 nitrogen and oxygen atoms in total. The largest absolute Gasteiger partial charge is 0.216 e. The maximum absolute atomic E-state index is 13.5. The summed E-state index contributed by atoms with van der Waals surface area (Å²) in [5.41, 5.74) is 0.976. The lowest BCUT2D eigenvalue weighted by molar-refractivity contribution is 0.222. The molecule has 3 rings (SSSR count). The van der Waals surface area contributed by atoms with Crippen LogP contribution in [0.25, 0.3) is 0 Å². The van der Waals surface area contributed by atoms with Gasteiger partial charge in [-0.2, -0.15) is 0 Å². The van der Waals surface area contributed by atoms with E-state index < -0.39 is 11.6 Å². The third kappa shape index (κ3) is 7.46. The molecule has 0 amide bonds. The van der Waals surface area contributed by atoms with Crippen LogP contribution in [0.3, 0.4) is 0 Å². The van der Waals surface area contributed by atoms with Crippen LogP contribution in [-0.2, 0) is 0 Å². The minimum Gasteiger partial charge on any atom is -0.216 e. The van der Waals surface area contributed by atoms with Gasteiger partial charge in [-0.05, 0) is 79.9 Å². The molecule has 30 heavy (non-hydrogen) atoms. The monoisotopic (exact) mass is 420 g/mol. The second-order valence-electron chi connectivity index (χ2n) is 9.85. The second-order valence-corrected chi connectivity index (χ2v) is 9.85. The Balaban J connectivity index is 1.26. The Bertz CT molecular complexity index is 638. The smallest absolute Gasteiger partial charge is 0.159 e. The summed E-state index contributed by atoms with van der Waals surface area (Å²) in [4.78, 5) is 0. The SMILES string of the molecule is FC=CCCCCC[C@H]1CC[C@H](CC[C@H]2CC[C@H](c3ccc(F)c(F)c3)CC2)CC1. The molecule has 0 unspecified atom stereocenters. The quantitative estimate of drug-likeness (QED) is 0.331. The standard InChI is InChI=1S/C27H39F3/c28-19-5-3-1-2-4-6-21-7-9-22(10-8-21)11-12-23-13-15-24(16-14-23)25-17-18-26(29)27(30)20-25/h5,17-24H,1-4,6-16H2/t21-,22-,23-,24-. The maximum Gasteiger partial charge on any atom is 0.159 e. The van der Waals surface area contributed by atoms with Crippen LogP contribution in [0, 0.1) is 29.4 Å². The van der Waals surface area contributed by atoms with Gasteiger partial charge in [-0.1, -0.05) is 69.9 Å². The fourth-order valence-electron chi connectivity index (χ4n) is 5.77. The average molecular weight is 421 g/mol. The van der Waals surface area contributed by atoms with E-state index in [4.69, 9.17) is 0 Å². The van der Waals surface area contributed by atoms with E-state index >= 15 is 0 Å². The first-order chi connectivity index (χ1) is 14.7. The summed E-state index contributed by atoms with van der Waals surface area (Å²) < 4.78 is 38.6. The number of hydrogen-bond acceptors (Lipinski definition) is 0. The molecule has 0 N–H and O–H groups in total. The Morgan fingerprint density at radius 2 is 1.30 bits per heavy atom. The summed E-state index contributed by atoms with van der Waals surface area (Å²) in [6.07, 6.45) is 21.2. The van der Waals surface area contributed by atoms with Crippen LogP contribution in [0.4, 0.5) is 13.2 Å². The van der Waals surface area contributed by atoms with E-state index in [1.54, 1.807) is 12.1 Å². The van der Waals surface area contributed by atoms with Gasteiger partial charge < -0.3 is 0 Å². The molecule has 1 aromatic carbocycles. The highest BCUT2D eigenvalue weighted by Gasteiger charge is 2.25. The number of rotatable bonds is 10. The third-order valence-corrected chi connectivity index (χ3v) is 7.78. The molecular formula is C27H39F3. The van der Waals surface area contributed by atoms with Crippen molar-refractivity contribution in [2.75, 3.05) is 0 Å². The van der Waals surface area contributed by atoms with E-state index in [0.717, 1.165) is 49.0 Å². The van der Waals surface area contributed by atoms with Crippen LogP contribution >= 0.6 is 0 Å². The number of allylic oxidation sites excluding steroid dienone is 1. The van der Waals surface area contributed by atoms with Crippen molar-refractivity contribution >= 4 is 0 Å². The van der Waals surface area contributed by atoms with Crippen LogP contribution in [-0.4, -0.2) is 0 Å². The van der Waals surface area contributed by atoms with Crippen molar-refractivity contribution in [2.45, 2.75) is 102 Å². The first kappa shape index (κ1) is 23.4. The van der Waals surface area contributed by atoms with Crippen molar-refractivity contribution in [1.82, 2.24) is 0 Å². The summed E-state index contributed by atoms with van der Waals surface area (Å²) in [5, 5.41) is 0. The topological polar surface area (TPSA) is 0 Å². The predicted octanol–water partition coefficient (Wildman–Crippen LogP) is 9.26. The molecule has 2 fully saturated rings. The zero-order valence-electron chi connectivity index (χ0n) is 18.4. The molecule has 0 spiro atoms. The molecule has 0 heterocycles. The van der Waals surface area contributed by atoms with E-state index in [1.807, 2.05) is 0 Å². The van der Waals surface area contributed by atoms with E-state index in [9.17, 15) is 13.2 Å². The van der Waals surface area contributed by atoms with Gasteiger partial charge in [0.1, 0.15) is 0 Å². The number of hydrogen-bond donors (Lipinski definition) is 0. The molecule has 0 atom stereocenters. The predicted molar refractivity (Wildman–Crippen MR) is 119 cm³/mol. The van der Waals surface area contributed by atoms with Crippen molar-refractivity contribution in [3.05, 3.63) is 47.8 Å². The molecule has 0 saturated heterocycles. The van der Waals surface area contributed by atoms with Gasteiger partial charge in [0.05, 0.1) is 6.33 Å². The van der Waals surface area contributed by atoms with Crippen molar-refractivity contribution in [2.24, 2.45) is 17.8 Å². The molecule has 0 radical (unpaired) electrons. The van der Waals surface area contributed by atoms with Gasteiger partial charge in [-0.3, -0.25) is 0 Å². The highest BCUT2D eigenvalue weighted by Crippen LogP contribution is 2.40. The Morgan fingerprint density at radius 1 is 0.700 bits per heavy atom. The maximum atomic E-state index is 13.5. The zero-order valence-corrected chi connectivity index (χ0v) is 18.4. The highest BCUT2D eigenvalue weighted by atomic mass is 19.2. The van der Waals surface area contributed by atoms with Crippen molar-refractivity contribution in [3.63, 3.8) is 0 Å². The van der Waals surface area contributed by atoms with Crippen LogP contribution in [0.1, 0.15) is 108 Å². The van der Waals surface area contributed by atoms with Crippen LogP contribution < -0.4 is 0 Å². The minimum absolute atomic E-state index is 0.403. The molecule has 2 saturated carbocycles. The molecule has 2 aliphatic carbocycles. The molecule has 2 aliphatic rings. The van der Waals surface area contributed by atoms with Crippen molar-refractivity contribution < 1.29 is 13.2 Å². The summed E-state index contributed by atoms with van der Waals surface area (Å²) in [6, 6.07) is 4.44. The van der Waals surface area contributed by atoms with Crippen LogP contribution in [0.5, 0.6) is 0 Å². The van der Waals surface area contributed by atoms with Crippen LogP contribution in [0.15, 0.2) is 30.6 Å². The zero-order chi connectivity index (χ0) is 21.2. The van der Waals surface area contributed by atoms with E-state index in [-0.39, 0.29) is 0 Å². The summed E-state index contributed by atoms with van der Waals surface area (Å²) in [6.45, 7) is 0. The molecular weight excluding hydrogens is 381 g/mol. The molecule has 3 heteroatoms. The van der Waals surface area contributed by atoms with Gasteiger partial charge in [0.25, 0.3) is 0 Å². The Morgan fingerprint density at radius 3 is 1.90 bits per heavy atom. The van der Waals surface area contributed by atoms with Gasteiger partial charge in [0.15, 0.2) is 11.6 Å². The Kier molecular flexibility index (Phi) is 9.81. The van der Waals surface area contributed by atoms with Gasteiger partial charge in [-0.25, -0.2) is 13.2 Å². The fourth-order valence-corrected chi connectivity index (χ4v) is 5.77. The molecule has 168 valence electrons. The number of unbranched alkanes of at least 4 members (excludes halogenated alkanes) is 3. The van der Waals surface area contributed by atoms with Gasteiger partial charge in [-0.15, -0.1) is 0 Å². The van der Waals surface area contributed by atoms with Crippen LogP contribution in [0.2, 0.25) is 0 Å². The van der Waals surface area contributed by atoms with E-state index in [1.165, 1.54) is 82.8 Å². The van der Waals surface area contributed by atoms with Crippen molar-refractivity contribution in [3.8, 4) is 0 Å². The number of halogens is 3. The first-order valence-electron chi connectivity index (χ1n) is 12.4. The molecule has 0 aromatic heterocycles. The second kappa shape index (κ2) is 12.6. The lowest BCUT2D eigenvalue weighted by Crippen LogP contribution is -2.18. The summed E-state index contributed by atoms with van der Waals surface area (Å²) in [7, 11) is 0. The first-order valence-corrected chi connectivity index (χ1v) is 12.4. The molecule has 0 aliphatic heterocycles. The minimum atomic E-state index is -0.742. The average Bonchev–Trinajstić information content (AvgIpc) is 2.78. The third-order valence-electron chi connectivity index (χ3n) is 7.78. The lowest BCUT2D eigenvalue weighted by atomic mass is 9.74. The lowest BCUT2D eigenvalue weighted by Gasteiger charge is -2.32. The van der Waals surface area contributed by atoms with Gasteiger partial charge in [0.2, 0.25) is 0 Å². The molecule has 1 aromatic rings. The van der Waals surface area contributed by atoms with Gasteiger partial charge in [0, 0.05) is 0 Å². The fraction of sp³-hybridized carbons (Fsp3) is 0.704. The summed E-state index contributed by atoms with van der Waals surface area (Å²) in [5.74, 6) is 1.61. The number of benzene rings is 1. The van der Waals surface area contributed by atoms with Crippen molar-refractivity contribution in [1.29, 1.82) is 0 Å². The Hall–Kier alpha value is -1.25.